The standard InChI is InChI=1S/C12H17ClN2O2S/c1-2-18(17)8-7-14-9-12(16)15-11-6-4-3-5-10(11)13/h3-6,14H,2,7-9H2,1H3,(H,15,16). The van der Waals surface area contributed by atoms with Gasteiger partial charge in [0.25, 0.3) is 0 Å². The third kappa shape index (κ3) is 5.62. The van der Waals surface area contributed by atoms with Gasteiger partial charge in [-0.25, -0.2) is 0 Å². The van der Waals surface area contributed by atoms with E-state index in [9.17, 15) is 9.00 Å². The first-order chi connectivity index (χ1) is 8.63. The van der Waals surface area contributed by atoms with Crippen LogP contribution in [0.25, 0.3) is 0 Å². The highest BCUT2D eigenvalue weighted by atomic mass is 35.5. The molecule has 6 heteroatoms. The Bertz CT molecular complexity index is 426. The number of hydrogen-bond donors (Lipinski definition) is 2. The minimum Gasteiger partial charge on any atom is -0.324 e. The van der Waals surface area contributed by atoms with Crippen molar-refractivity contribution in [3.05, 3.63) is 29.3 Å². The first-order valence-corrected chi connectivity index (χ1v) is 7.60. The summed E-state index contributed by atoms with van der Waals surface area (Å²) in [6.07, 6.45) is 0. The van der Waals surface area contributed by atoms with Crippen molar-refractivity contribution < 1.29 is 9.00 Å². The molecule has 0 aliphatic rings. The van der Waals surface area contributed by atoms with E-state index in [-0.39, 0.29) is 12.5 Å². The van der Waals surface area contributed by atoms with Gasteiger partial charge in [-0.1, -0.05) is 30.7 Å². The molecule has 1 rings (SSSR count). The van der Waals surface area contributed by atoms with E-state index < -0.39 is 10.8 Å². The number of hydrogen-bond acceptors (Lipinski definition) is 3. The zero-order chi connectivity index (χ0) is 13.4. The van der Waals surface area contributed by atoms with Crippen molar-refractivity contribution in [2.75, 3.05) is 29.9 Å². The number of carbonyl (C=O) groups is 1. The summed E-state index contributed by atoms with van der Waals surface area (Å²) in [5, 5.41) is 6.16. The Morgan fingerprint density at radius 2 is 2.11 bits per heavy atom. The fraction of sp³-hybridized carbons (Fsp3) is 0.417. The van der Waals surface area contributed by atoms with Crippen LogP contribution in [0.4, 0.5) is 5.69 Å². The Balaban J connectivity index is 2.26. The van der Waals surface area contributed by atoms with E-state index in [0.29, 0.717) is 28.8 Å². The van der Waals surface area contributed by atoms with Crippen molar-refractivity contribution in [3.8, 4) is 0 Å². The minimum absolute atomic E-state index is 0.162. The van der Waals surface area contributed by atoms with Gasteiger partial charge in [0, 0.05) is 28.9 Å². The van der Waals surface area contributed by atoms with Gasteiger partial charge in [-0.05, 0) is 12.1 Å². The number of halogens is 1. The normalized spacial score (nSPS) is 12.1. The van der Waals surface area contributed by atoms with Gasteiger partial charge >= 0.3 is 0 Å². The lowest BCUT2D eigenvalue weighted by molar-refractivity contribution is -0.115. The van der Waals surface area contributed by atoms with E-state index in [1.807, 2.05) is 6.92 Å². The predicted molar refractivity (Wildman–Crippen MR) is 76.5 cm³/mol. The molecule has 1 aromatic carbocycles. The summed E-state index contributed by atoms with van der Waals surface area (Å²) in [7, 11) is -0.799. The smallest absolute Gasteiger partial charge is 0.238 e. The molecule has 0 aliphatic heterocycles. The summed E-state index contributed by atoms with van der Waals surface area (Å²) >= 11 is 5.91. The minimum atomic E-state index is -0.799. The zero-order valence-corrected chi connectivity index (χ0v) is 11.8. The Morgan fingerprint density at radius 3 is 2.78 bits per heavy atom. The van der Waals surface area contributed by atoms with E-state index in [4.69, 9.17) is 11.6 Å². The molecule has 1 unspecified atom stereocenters. The van der Waals surface area contributed by atoms with Crippen LogP contribution >= 0.6 is 11.6 Å². The van der Waals surface area contributed by atoms with Gasteiger partial charge in [-0.2, -0.15) is 0 Å². The molecule has 0 bridgehead atoms. The Labute approximate surface area is 115 Å². The Morgan fingerprint density at radius 1 is 1.39 bits per heavy atom. The summed E-state index contributed by atoms with van der Waals surface area (Å²) in [6, 6.07) is 7.07. The molecular weight excluding hydrogens is 272 g/mol. The van der Waals surface area contributed by atoms with Crippen molar-refractivity contribution in [1.82, 2.24) is 5.32 Å². The molecule has 1 atom stereocenters. The van der Waals surface area contributed by atoms with Crippen LogP contribution in [-0.4, -0.2) is 34.7 Å². The topological polar surface area (TPSA) is 58.2 Å². The molecule has 0 radical (unpaired) electrons. The number of anilines is 1. The molecule has 0 spiro atoms. The second-order valence-electron chi connectivity index (χ2n) is 3.64. The maximum Gasteiger partial charge on any atom is 0.238 e. The van der Waals surface area contributed by atoms with E-state index in [2.05, 4.69) is 10.6 Å². The first-order valence-electron chi connectivity index (χ1n) is 5.73. The molecule has 2 N–H and O–H groups in total. The van der Waals surface area contributed by atoms with Crippen molar-refractivity contribution in [2.45, 2.75) is 6.92 Å². The van der Waals surface area contributed by atoms with Gasteiger partial charge in [0.1, 0.15) is 0 Å². The van der Waals surface area contributed by atoms with Crippen LogP contribution in [0.15, 0.2) is 24.3 Å². The molecule has 1 aromatic rings. The van der Waals surface area contributed by atoms with E-state index in [1.165, 1.54) is 0 Å². The molecule has 18 heavy (non-hydrogen) atoms. The van der Waals surface area contributed by atoms with Gasteiger partial charge < -0.3 is 10.6 Å². The number of benzene rings is 1. The molecule has 100 valence electrons. The maximum atomic E-state index is 11.6. The second kappa shape index (κ2) is 8.24. The molecule has 4 nitrogen and oxygen atoms in total. The summed E-state index contributed by atoms with van der Waals surface area (Å²) in [5.74, 6) is 1.05. The molecule has 0 heterocycles. The Kier molecular flexibility index (Phi) is 6.93. The van der Waals surface area contributed by atoms with Gasteiger partial charge in [0.15, 0.2) is 0 Å². The number of nitrogens with one attached hydrogen (secondary N) is 2. The van der Waals surface area contributed by atoms with Gasteiger partial charge in [0.2, 0.25) is 5.91 Å². The van der Waals surface area contributed by atoms with E-state index >= 15 is 0 Å². The molecule has 0 aliphatic carbocycles. The molecular formula is C12H17ClN2O2S. The van der Waals surface area contributed by atoms with E-state index in [0.717, 1.165) is 0 Å². The van der Waals surface area contributed by atoms with Gasteiger partial charge in [-0.15, -0.1) is 0 Å². The lowest BCUT2D eigenvalue weighted by atomic mass is 10.3. The number of rotatable bonds is 7. The SMILES string of the molecule is CCS(=O)CCNCC(=O)Nc1ccccc1Cl. The van der Waals surface area contributed by atoms with Crippen LogP contribution in [0.1, 0.15) is 6.92 Å². The van der Waals surface area contributed by atoms with Gasteiger partial charge in [-0.3, -0.25) is 9.00 Å². The number of carbonyl (C=O) groups excluding carboxylic acids is 1. The van der Waals surface area contributed by atoms with Crippen LogP contribution < -0.4 is 10.6 Å². The van der Waals surface area contributed by atoms with Crippen LogP contribution in [0, 0.1) is 0 Å². The van der Waals surface area contributed by atoms with Crippen molar-refractivity contribution in [1.29, 1.82) is 0 Å². The quantitative estimate of drug-likeness (QED) is 0.750. The fourth-order valence-corrected chi connectivity index (χ4v) is 2.13. The highest BCUT2D eigenvalue weighted by Gasteiger charge is 2.04. The summed E-state index contributed by atoms with van der Waals surface area (Å²) in [4.78, 5) is 11.6. The summed E-state index contributed by atoms with van der Waals surface area (Å²) in [6.45, 7) is 2.63. The van der Waals surface area contributed by atoms with E-state index in [1.54, 1.807) is 24.3 Å². The van der Waals surface area contributed by atoms with Gasteiger partial charge in [0.05, 0.1) is 17.3 Å². The van der Waals surface area contributed by atoms with Crippen molar-refractivity contribution in [3.63, 3.8) is 0 Å². The van der Waals surface area contributed by atoms with Crippen molar-refractivity contribution in [2.24, 2.45) is 0 Å². The largest absolute Gasteiger partial charge is 0.324 e. The number of amides is 1. The summed E-state index contributed by atoms with van der Waals surface area (Å²) in [5.41, 5.74) is 0.600. The molecule has 0 saturated heterocycles. The highest BCUT2D eigenvalue weighted by Crippen LogP contribution is 2.19. The lowest BCUT2D eigenvalue weighted by Gasteiger charge is -2.07. The zero-order valence-electron chi connectivity index (χ0n) is 10.2. The molecule has 0 aromatic heterocycles. The molecule has 1 amide bonds. The van der Waals surface area contributed by atoms with Crippen LogP contribution in [0.3, 0.4) is 0 Å². The number of para-hydroxylation sites is 1. The Hall–Kier alpha value is -0.910. The fourth-order valence-electron chi connectivity index (χ4n) is 1.29. The first kappa shape index (κ1) is 15.1. The van der Waals surface area contributed by atoms with Crippen molar-refractivity contribution >= 4 is 34.0 Å². The second-order valence-corrected chi connectivity index (χ2v) is 5.91. The third-order valence-electron chi connectivity index (χ3n) is 2.26. The summed E-state index contributed by atoms with van der Waals surface area (Å²) < 4.78 is 11.1. The highest BCUT2D eigenvalue weighted by molar-refractivity contribution is 7.84. The lowest BCUT2D eigenvalue weighted by Crippen LogP contribution is -2.31. The average Bonchev–Trinajstić information content (AvgIpc) is 2.37. The molecule has 0 fully saturated rings. The molecule has 0 saturated carbocycles. The average molecular weight is 289 g/mol. The maximum absolute atomic E-state index is 11.6. The van der Waals surface area contributed by atoms with Crippen LogP contribution in [-0.2, 0) is 15.6 Å². The predicted octanol–water partition coefficient (Wildman–Crippen LogP) is 1.64. The van der Waals surface area contributed by atoms with Crippen LogP contribution in [0.2, 0.25) is 5.02 Å². The monoisotopic (exact) mass is 288 g/mol. The van der Waals surface area contributed by atoms with Crippen LogP contribution in [0.5, 0.6) is 0 Å². The third-order valence-corrected chi connectivity index (χ3v) is 3.89.